The number of nitrogens with one attached hydrogen (secondary N) is 2. The van der Waals surface area contributed by atoms with E-state index in [9.17, 15) is 19.5 Å². The first-order chi connectivity index (χ1) is 13.8. The molecule has 29 heavy (non-hydrogen) atoms. The lowest BCUT2D eigenvalue weighted by molar-refractivity contribution is -0.154. The molecule has 0 spiro atoms. The van der Waals surface area contributed by atoms with Crippen LogP contribution in [0.2, 0.25) is 0 Å². The monoisotopic (exact) mass is 406 g/mol. The summed E-state index contributed by atoms with van der Waals surface area (Å²) in [5.41, 5.74) is 1.92. The van der Waals surface area contributed by atoms with Gasteiger partial charge in [0.05, 0.1) is 5.92 Å². The van der Waals surface area contributed by atoms with E-state index in [2.05, 4.69) is 5.32 Å². The van der Waals surface area contributed by atoms with Crippen molar-refractivity contribution in [1.29, 1.82) is 0 Å². The van der Waals surface area contributed by atoms with Gasteiger partial charge in [0.2, 0.25) is 5.91 Å². The number of ether oxygens (including phenoxy) is 1. The largest absolute Gasteiger partial charge is 0.461 e. The number of amides is 2. The predicted octanol–water partition coefficient (Wildman–Crippen LogP) is 1.86. The fourth-order valence-corrected chi connectivity index (χ4v) is 3.55. The zero-order valence-electron chi connectivity index (χ0n) is 16.8. The van der Waals surface area contributed by atoms with Crippen molar-refractivity contribution < 1.29 is 29.4 Å². The van der Waals surface area contributed by atoms with Crippen molar-refractivity contribution in [2.75, 3.05) is 0 Å². The Balaban J connectivity index is 2.21. The Morgan fingerprint density at radius 2 is 1.72 bits per heavy atom. The second-order valence-electron chi connectivity index (χ2n) is 7.85. The molecule has 160 valence electrons. The van der Waals surface area contributed by atoms with Gasteiger partial charge in [-0.2, -0.15) is 0 Å². The molecule has 8 heteroatoms. The zero-order valence-corrected chi connectivity index (χ0v) is 16.8. The Bertz CT molecular complexity index is 688. The van der Waals surface area contributed by atoms with E-state index in [0.29, 0.717) is 5.56 Å². The number of hydrogen-bond donors (Lipinski definition) is 4. The maximum Gasteiger partial charge on any atom is 0.333 e. The Morgan fingerprint density at radius 1 is 1.10 bits per heavy atom. The van der Waals surface area contributed by atoms with Gasteiger partial charge in [-0.05, 0) is 43.6 Å². The Labute approximate surface area is 170 Å². The minimum Gasteiger partial charge on any atom is -0.461 e. The second-order valence-corrected chi connectivity index (χ2v) is 7.85. The van der Waals surface area contributed by atoms with Crippen molar-refractivity contribution >= 4 is 17.8 Å². The summed E-state index contributed by atoms with van der Waals surface area (Å²) < 4.78 is 5.58. The van der Waals surface area contributed by atoms with E-state index in [-0.39, 0.29) is 18.4 Å². The maximum absolute atomic E-state index is 12.9. The van der Waals surface area contributed by atoms with Crippen LogP contribution in [0.25, 0.3) is 0 Å². The number of aliphatic hydroxyl groups is 1. The highest BCUT2D eigenvalue weighted by Gasteiger charge is 2.36. The minimum atomic E-state index is -1.75. The number of carbonyl (C=O) groups excluding carboxylic acids is 3. The first kappa shape index (κ1) is 22.8. The van der Waals surface area contributed by atoms with E-state index < -0.39 is 35.8 Å². The van der Waals surface area contributed by atoms with Gasteiger partial charge in [-0.25, -0.2) is 10.3 Å². The highest BCUT2D eigenvalue weighted by atomic mass is 16.5. The van der Waals surface area contributed by atoms with Crippen LogP contribution in [0.5, 0.6) is 0 Å². The topological polar surface area (TPSA) is 125 Å². The van der Waals surface area contributed by atoms with E-state index in [1.54, 1.807) is 30.3 Å². The maximum atomic E-state index is 12.9. The van der Waals surface area contributed by atoms with Crippen LogP contribution in [-0.4, -0.2) is 40.3 Å². The van der Waals surface area contributed by atoms with Gasteiger partial charge < -0.3 is 15.2 Å². The fourth-order valence-electron chi connectivity index (χ4n) is 3.55. The SMILES string of the molecule is CC(C)C[C@H](C(=O)N[C@H](C(=O)OC1CCCC1)c1ccccc1)[C@@H](O)C(=O)NO. The van der Waals surface area contributed by atoms with Gasteiger partial charge in [0.25, 0.3) is 5.91 Å². The lowest BCUT2D eigenvalue weighted by Gasteiger charge is -2.26. The Morgan fingerprint density at radius 3 is 2.28 bits per heavy atom. The molecule has 0 radical (unpaired) electrons. The summed E-state index contributed by atoms with van der Waals surface area (Å²) in [5.74, 6) is -3.44. The Kier molecular flexibility index (Phi) is 8.60. The number of hydroxylamine groups is 1. The lowest BCUT2D eigenvalue weighted by atomic mass is 9.90. The molecular formula is C21H30N2O6. The van der Waals surface area contributed by atoms with Crippen molar-refractivity contribution in [1.82, 2.24) is 10.8 Å². The molecule has 1 fully saturated rings. The summed E-state index contributed by atoms with van der Waals surface area (Å²) in [6, 6.07) is 7.64. The molecule has 8 nitrogen and oxygen atoms in total. The fraction of sp³-hybridized carbons (Fsp3) is 0.571. The van der Waals surface area contributed by atoms with Crippen LogP contribution < -0.4 is 10.8 Å². The number of aliphatic hydroxyl groups excluding tert-OH is 1. The van der Waals surface area contributed by atoms with Crippen LogP contribution in [-0.2, 0) is 19.1 Å². The van der Waals surface area contributed by atoms with E-state index >= 15 is 0 Å². The van der Waals surface area contributed by atoms with Crippen LogP contribution in [0.4, 0.5) is 0 Å². The molecule has 2 rings (SSSR count). The molecular weight excluding hydrogens is 376 g/mol. The molecule has 0 saturated heterocycles. The average molecular weight is 406 g/mol. The number of rotatable bonds is 9. The van der Waals surface area contributed by atoms with E-state index in [1.165, 1.54) is 5.48 Å². The third-order valence-corrected chi connectivity index (χ3v) is 5.06. The third-order valence-electron chi connectivity index (χ3n) is 5.06. The van der Waals surface area contributed by atoms with Gasteiger partial charge in [0.15, 0.2) is 6.04 Å². The molecule has 1 aromatic carbocycles. The van der Waals surface area contributed by atoms with Crippen molar-refractivity contribution in [2.45, 2.75) is 64.2 Å². The molecule has 0 heterocycles. The standard InChI is InChI=1S/C21H30N2O6/c1-13(2)12-16(18(24)20(26)23-28)19(25)22-17(14-8-4-3-5-9-14)21(27)29-15-10-6-7-11-15/h3-5,8-9,13,15-18,24,28H,6-7,10-12H2,1-2H3,(H,22,25)(H,23,26)/t16-,17-,18+/m0/s1. The van der Waals surface area contributed by atoms with Crippen LogP contribution in [0, 0.1) is 11.8 Å². The smallest absolute Gasteiger partial charge is 0.333 e. The Hall–Kier alpha value is -2.45. The van der Waals surface area contributed by atoms with Crippen LogP contribution in [0.15, 0.2) is 30.3 Å². The third kappa shape index (κ3) is 6.54. The molecule has 0 bridgehead atoms. The molecule has 0 aromatic heterocycles. The van der Waals surface area contributed by atoms with Gasteiger partial charge in [0.1, 0.15) is 12.2 Å². The van der Waals surface area contributed by atoms with Crippen molar-refractivity contribution in [3.63, 3.8) is 0 Å². The first-order valence-electron chi connectivity index (χ1n) is 10.0. The van der Waals surface area contributed by atoms with Crippen LogP contribution in [0.1, 0.15) is 57.6 Å². The van der Waals surface area contributed by atoms with Crippen LogP contribution >= 0.6 is 0 Å². The average Bonchev–Trinajstić information content (AvgIpc) is 3.22. The molecule has 0 aliphatic heterocycles. The second kappa shape index (κ2) is 10.9. The van der Waals surface area contributed by atoms with Gasteiger partial charge >= 0.3 is 5.97 Å². The zero-order chi connectivity index (χ0) is 21.4. The molecule has 2 amide bonds. The summed E-state index contributed by atoms with van der Waals surface area (Å²) in [5, 5.41) is 21.6. The highest BCUT2D eigenvalue weighted by Crippen LogP contribution is 2.25. The van der Waals surface area contributed by atoms with Crippen LogP contribution in [0.3, 0.4) is 0 Å². The molecule has 1 aliphatic carbocycles. The van der Waals surface area contributed by atoms with Crippen molar-refractivity contribution in [3.05, 3.63) is 35.9 Å². The highest BCUT2D eigenvalue weighted by molar-refractivity contribution is 5.91. The normalized spacial score (nSPS) is 17.4. The van der Waals surface area contributed by atoms with E-state index in [1.807, 2.05) is 13.8 Å². The first-order valence-corrected chi connectivity index (χ1v) is 10.0. The quantitative estimate of drug-likeness (QED) is 0.282. The van der Waals surface area contributed by atoms with Crippen molar-refractivity contribution in [3.8, 4) is 0 Å². The predicted molar refractivity (Wildman–Crippen MR) is 105 cm³/mol. The van der Waals surface area contributed by atoms with Gasteiger partial charge in [-0.1, -0.05) is 44.2 Å². The van der Waals surface area contributed by atoms with E-state index in [0.717, 1.165) is 25.7 Å². The number of carbonyl (C=O) groups is 3. The van der Waals surface area contributed by atoms with Crippen molar-refractivity contribution in [2.24, 2.45) is 11.8 Å². The summed E-state index contributed by atoms with van der Waals surface area (Å²) in [6.07, 6.45) is 1.88. The molecule has 3 atom stereocenters. The molecule has 1 aliphatic rings. The van der Waals surface area contributed by atoms with Gasteiger partial charge in [-0.3, -0.25) is 14.8 Å². The number of benzene rings is 1. The summed E-state index contributed by atoms with van der Waals surface area (Å²) in [6.45, 7) is 3.68. The summed E-state index contributed by atoms with van der Waals surface area (Å²) in [4.78, 5) is 37.4. The number of esters is 1. The molecule has 0 unspecified atom stereocenters. The van der Waals surface area contributed by atoms with Gasteiger partial charge in [-0.15, -0.1) is 0 Å². The van der Waals surface area contributed by atoms with E-state index in [4.69, 9.17) is 9.94 Å². The summed E-state index contributed by atoms with van der Waals surface area (Å²) >= 11 is 0. The lowest BCUT2D eigenvalue weighted by Crippen LogP contribution is -2.47. The molecule has 1 saturated carbocycles. The number of hydrogen-bond acceptors (Lipinski definition) is 6. The molecule has 1 aromatic rings. The molecule has 4 N–H and O–H groups in total. The minimum absolute atomic E-state index is 0.00694. The summed E-state index contributed by atoms with van der Waals surface area (Å²) in [7, 11) is 0. The van der Waals surface area contributed by atoms with Gasteiger partial charge in [0, 0.05) is 0 Å².